The number of piperazine rings is 1. The molecular formula is C17H22N4O4S. The van der Waals surface area contributed by atoms with Crippen molar-refractivity contribution < 1.29 is 18.0 Å². The summed E-state index contributed by atoms with van der Waals surface area (Å²) < 4.78 is 27.3. The summed E-state index contributed by atoms with van der Waals surface area (Å²) in [6.45, 7) is 4.72. The molecule has 3 rings (SSSR count). The Balaban J connectivity index is 1.69. The van der Waals surface area contributed by atoms with Crippen molar-refractivity contribution in [2.24, 2.45) is 5.10 Å². The molecule has 0 radical (unpaired) electrons. The Labute approximate surface area is 152 Å². The number of nitrogens with zero attached hydrogens (tertiary/aromatic N) is 3. The van der Waals surface area contributed by atoms with Crippen LogP contribution < -0.4 is 5.43 Å². The van der Waals surface area contributed by atoms with E-state index in [0.29, 0.717) is 35.7 Å². The van der Waals surface area contributed by atoms with Gasteiger partial charge in [-0.05, 0) is 31.0 Å². The summed E-state index contributed by atoms with van der Waals surface area (Å²) in [7, 11) is -3.59. The minimum atomic E-state index is -3.59. The largest absolute Gasteiger partial charge is 0.335 e. The molecule has 26 heavy (non-hydrogen) atoms. The molecule has 1 aromatic rings. The predicted octanol–water partition coefficient (Wildman–Crippen LogP) is 0.402. The smallest absolute Gasteiger partial charge is 0.270 e. The summed E-state index contributed by atoms with van der Waals surface area (Å²) >= 11 is 0. The van der Waals surface area contributed by atoms with Gasteiger partial charge in [-0.15, -0.1) is 0 Å². The summed E-state index contributed by atoms with van der Waals surface area (Å²) in [4.78, 5) is 25.5. The van der Waals surface area contributed by atoms with Crippen LogP contribution in [0.5, 0.6) is 0 Å². The topological polar surface area (TPSA) is 99.2 Å². The van der Waals surface area contributed by atoms with Gasteiger partial charge in [0.2, 0.25) is 15.9 Å². The second kappa shape index (κ2) is 7.16. The van der Waals surface area contributed by atoms with E-state index in [2.05, 4.69) is 10.5 Å². The molecule has 2 aliphatic rings. The fourth-order valence-electron chi connectivity index (χ4n) is 3.07. The first-order valence-electron chi connectivity index (χ1n) is 8.51. The van der Waals surface area contributed by atoms with Crippen molar-refractivity contribution in [3.8, 4) is 0 Å². The van der Waals surface area contributed by atoms with Crippen molar-refractivity contribution >= 4 is 27.5 Å². The molecule has 0 unspecified atom stereocenters. The molecule has 9 heteroatoms. The van der Waals surface area contributed by atoms with Gasteiger partial charge in [0, 0.05) is 39.0 Å². The van der Waals surface area contributed by atoms with Gasteiger partial charge in [-0.25, -0.2) is 13.8 Å². The molecule has 2 amide bonds. The lowest BCUT2D eigenvalue weighted by molar-refractivity contribution is -0.125. The fraction of sp³-hybridized carbons (Fsp3) is 0.471. The summed E-state index contributed by atoms with van der Waals surface area (Å²) in [6.07, 6.45) is 0.553. The number of carbonyl (C=O) groups is 2. The number of sulfonamides is 1. The van der Waals surface area contributed by atoms with Crippen molar-refractivity contribution in [1.29, 1.82) is 0 Å². The normalized spacial score (nSPS) is 19.1. The lowest BCUT2D eigenvalue weighted by atomic mass is 10.1. The number of hydrazone groups is 1. The van der Waals surface area contributed by atoms with Crippen LogP contribution >= 0.6 is 0 Å². The van der Waals surface area contributed by atoms with Gasteiger partial charge in [0.25, 0.3) is 5.91 Å². The molecule has 8 nitrogen and oxygen atoms in total. The number of amides is 2. The second-order valence-electron chi connectivity index (χ2n) is 6.56. The van der Waals surface area contributed by atoms with Crippen LogP contribution in [-0.4, -0.2) is 61.3 Å². The van der Waals surface area contributed by atoms with Gasteiger partial charge in [0.1, 0.15) is 5.71 Å². The van der Waals surface area contributed by atoms with E-state index in [1.165, 1.54) is 4.31 Å². The van der Waals surface area contributed by atoms with E-state index in [-0.39, 0.29) is 31.3 Å². The number of aryl methyl sites for hydroxylation is 2. The Kier molecular flexibility index (Phi) is 5.10. The average molecular weight is 378 g/mol. The van der Waals surface area contributed by atoms with E-state index in [4.69, 9.17) is 0 Å². The van der Waals surface area contributed by atoms with Crippen LogP contribution in [0.15, 0.2) is 28.2 Å². The highest BCUT2D eigenvalue weighted by molar-refractivity contribution is 7.89. The van der Waals surface area contributed by atoms with Crippen LogP contribution in [-0.2, 0) is 19.6 Å². The number of hydrogen-bond donors (Lipinski definition) is 1. The summed E-state index contributed by atoms with van der Waals surface area (Å²) in [5.74, 6) is -0.445. The first-order valence-corrected chi connectivity index (χ1v) is 9.95. The molecule has 140 valence electrons. The Morgan fingerprint density at radius 2 is 1.81 bits per heavy atom. The summed E-state index contributed by atoms with van der Waals surface area (Å²) in [5.41, 5.74) is 4.23. The highest BCUT2D eigenvalue weighted by Gasteiger charge is 2.32. The monoisotopic (exact) mass is 378 g/mol. The Hall–Kier alpha value is -2.26. The van der Waals surface area contributed by atoms with Crippen LogP contribution in [0, 0.1) is 13.8 Å². The third kappa shape index (κ3) is 3.63. The van der Waals surface area contributed by atoms with Gasteiger partial charge in [-0.1, -0.05) is 12.1 Å². The molecule has 0 bridgehead atoms. The average Bonchev–Trinajstić information content (AvgIpc) is 2.64. The summed E-state index contributed by atoms with van der Waals surface area (Å²) in [5, 5.41) is 3.82. The van der Waals surface area contributed by atoms with Crippen LogP contribution in [0.3, 0.4) is 0 Å². The molecule has 0 spiro atoms. The molecule has 2 aliphatic heterocycles. The van der Waals surface area contributed by atoms with Gasteiger partial charge < -0.3 is 4.90 Å². The maximum atomic E-state index is 12.9. The van der Waals surface area contributed by atoms with E-state index in [1.807, 2.05) is 13.0 Å². The van der Waals surface area contributed by atoms with E-state index in [0.717, 1.165) is 5.56 Å². The quantitative estimate of drug-likeness (QED) is 0.823. The molecule has 1 saturated heterocycles. The zero-order chi connectivity index (χ0) is 18.9. The molecule has 0 aromatic heterocycles. The van der Waals surface area contributed by atoms with Gasteiger partial charge in [0.15, 0.2) is 0 Å². The molecule has 1 aromatic carbocycles. The maximum Gasteiger partial charge on any atom is 0.270 e. The minimum Gasteiger partial charge on any atom is -0.335 e. The maximum absolute atomic E-state index is 12.9. The molecular weight excluding hydrogens is 356 g/mol. The highest BCUT2D eigenvalue weighted by atomic mass is 32.2. The molecule has 1 N–H and O–H groups in total. The first-order chi connectivity index (χ1) is 12.3. The van der Waals surface area contributed by atoms with Crippen molar-refractivity contribution in [2.75, 3.05) is 26.2 Å². The summed E-state index contributed by atoms with van der Waals surface area (Å²) in [6, 6.07) is 5.37. The minimum absolute atomic E-state index is 0.203. The van der Waals surface area contributed by atoms with Crippen molar-refractivity contribution in [2.45, 2.75) is 31.6 Å². The first kappa shape index (κ1) is 18.5. The number of benzene rings is 1. The zero-order valence-electron chi connectivity index (χ0n) is 14.9. The van der Waals surface area contributed by atoms with Crippen molar-refractivity contribution in [3.63, 3.8) is 0 Å². The van der Waals surface area contributed by atoms with E-state index in [9.17, 15) is 18.0 Å². The Morgan fingerprint density at radius 1 is 1.12 bits per heavy atom. The van der Waals surface area contributed by atoms with E-state index < -0.39 is 10.0 Å². The Bertz CT molecular complexity index is 871. The van der Waals surface area contributed by atoms with E-state index in [1.54, 1.807) is 24.0 Å². The SMILES string of the molecule is Cc1ccc(C)c(S(=O)(=O)N2CCN(C(=O)C3=NNC(=O)CC3)CC2)c1. The molecule has 0 aliphatic carbocycles. The van der Waals surface area contributed by atoms with E-state index >= 15 is 0 Å². The standard InChI is InChI=1S/C17H22N4O4S/c1-12-3-4-13(2)15(11-12)26(24,25)21-9-7-20(8-10-21)17(23)14-5-6-16(22)19-18-14/h3-4,11H,5-10H2,1-2H3,(H,19,22). The predicted molar refractivity (Wildman–Crippen MR) is 96.1 cm³/mol. The van der Waals surface area contributed by atoms with Crippen LogP contribution in [0.25, 0.3) is 0 Å². The fourth-order valence-corrected chi connectivity index (χ4v) is 4.80. The third-order valence-electron chi connectivity index (χ3n) is 4.64. The van der Waals surface area contributed by atoms with Crippen LogP contribution in [0.4, 0.5) is 0 Å². The zero-order valence-corrected chi connectivity index (χ0v) is 15.7. The lowest BCUT2D eigenvalue weighted by Crippen LogP contribution is -2.52. The van der Waals surface area contributed by atoms with Crippen LogP contribution in [0.1, 0.15) is 24.0 Å². The molecule has 0 saturated carbocycles. The number of carbonyl (C=O) groups excluding carboxylic acids is 2. The van der Waals surface area contributed by atoms with Gasteiger partial charge in [0.05, 0.1) is 4.90 Å². The van der Waals surface area contributed by atoms with Crippen molar-refractivity contribution in [1.82, 2.24) is 14.6 Å². The van der Waals surface area contributed by atoms with Crippen molar-refractivity contribution in [3.05, 3.63) is 29.3 Å². The number of rotatable bonds is 3. The Morgan fingerprint density at radius 3 is 2.42 bits per heavy atom. The third-order valence-corrected chi connectivity index (χ3v) is 6.68. The second-order valence-corrected chi connectivity index (χ2v) is 8.47. The molecule has 2 heterocycles. The molecule has 1 fully saturated rings. The van der Waals surface area contributed by atoms with Gasteiger partial charge in [-0.3, -0.25) is 9.59 Å². The lowest BCUT2D eigenvalue weighted by Gasteiger charge is -2.34. The highest BCUT2D eigenvalue weighted by Crippen LogP contribution is 2.22. The molecule has 0 atom stereocenters. The number of hydrogen-bond acceptors (Lipinski definition) is 5. The van der Waals surface area contributed by atoms with Crippen LogP contribution in [0.2, 0.25) is 0 Å². The number of nitrogens with one attached hydrogen (secondary N) is 1. The van der Waals surface area contributed by atoms with Gasteiger partial charge in [-0.2, -0.15) is 9.41 Å². The van der Waals surface area contributed by atoms with Gasteiger partial charge >= 0.3 is 0 Å².